The highest BCUT2D eigenvalue weighted by atomic mass is 32.1. The van der Waals surface area contributed by atoms with Gasteiger partial charge in [-0.3, -0.25) is 4.79 Å². The lowest BCUT2D eigenvalue weighted by Gasteiger charge is -2.31. The third kappa shape index (κ3) is 3.36. The topological polar surface area (TPSA) is 101 Å². The summed E-state index contributed by atoms with van der Waals surface area (Å²) in [6.07, 6.45) is 3.15. The van der Waals surface area contributed by atoms with Gasteiger partial charge in [-0.2, -0.15) is 4.52 Å². The lowest BCUT2D eigenvalue weighted by Crippen LogP contribution is -2.38. The van der Waals surface area contributed by atoms with Crippen LogP contribution in [0.15, 0.2) is 18.5 Å². The molecule has 0 bridgehead atoms. The van der Waals surface area contributed by atoms with E-state index in [1.54, 1.807) is 10.8 Å². The molecule has 1 aliphatic heterocycles. The highest BCUT2D eigenvalue weighted by Crippen LogP contribution is 2.26. The molecule has 4 rings (SSSR count). The van der Waals surface area contributed by atoms with Gasteiger partial charge in [-0.15, -0.1) is 25.5 Å². The molecule has 0 aliphatic carbocycles. The Labute approximate surface area is 154 Å². The number of amides is 1. The van der Waals surface area contributed by atoms with Crippen molar-refractivity contribution in [3.63, 3.8) is 0 Å². The molecular formula is C16H20N8OS. The average molecular weight is 372 g/mol. The van der Waals surface area contributed by atoms with Crippen molar-refractivity contribution in [1.82, 2.24) is 30.0 Å². The lowest BCUT2D eigenvalue weighted by atomic mass is 9.96. The highest BCUT2D eigenvalue weighted by Gasteiger charge is 2.26. The number of anilines is 2. The van der Waals surface area contributed by atoms with Gasteiger partial charge in [0.05, 0.1) is 0 Å². The van der Waals surface area contributed by atoms with Crippen molar-refractivity contribution in [3.8, 4) is 0 Å². The summed E-state index contributed by atoms with van der Waals surface area (Å²) < 4.78 is 1.66. The number of fused-ring (bicyclic) bond motifs is 1. The number of nitrogens with one attached hydrogen (secondary N) is 1. The van der Waals surface area contributed by atoms with Gasteiger partial charge in [0.2, 0.25) is 11.0 Å². The first-order valence-electron chi connectivity index (χ1n) is 8.66. The fraction of sp³-hybridized carbons (Fsp3) is 0.500. The molecule has 10 heteroatoms. The number of carbonyl (C=O) groups is 1. The number of hydrogen-bond donors (Lipinski definition) is 1. The van der Waals surface area contributed by atoms with Crippen molar-refractivity contribution < 1.29 is 4.79 Å². The van der Waals surface area contributed by atoms with Gasteiger partial charge in [0.1, 0.15) is 17.2 Å². The van der Waals surface area contributed by atoms with E-state index in [1.165, 1.54) is 11.3 Å². The first-order chi connectivity index (χ1) is 12.6. The van der Waals surface area contributed by atoms with E-state index in [2.05, 4.69) is 49.6 Å². The van der Waals surface area contributed by atoms with E-state index in [9.17, 15) is 4.79 Å². The third-order valence-corrected chi connectivity index (χ3v) is 5.64. The Hall–Kier alpha value is -2.62. The predicted octanol–water partition coefficient (Wildman–Crippen LogP) is 1.95. The Kier molecular flexibility index (Phi) is 4.49. The summed E-state index contributed by atoms with van der Waals surface area (Å²) in [5.74, 6) is 1.20. The van der Waals surface area contributed by atoms with E-state index in [0.29, 0.717) is 11.0 Å². The Balaban J connectivity index is 1.35. The van der Waals surface area contributed by atoms with Crippen LogP contribution in [0.5, 0.6) is 0 Å². The standard InChI is InChI=1S/C16H20N8OS/c1-10(2)15-20-21-16(26-15)18-14(25)11-5-7-23(8-6-11)13-4-3-12-19-17-9-24(12)22-13/h3-4,9-11H,5-8H2,1-2H3,(H,18,21,25). The monoisotopic (exact) mass is 372 g/mol. The van der Waals surface area contributed by atoms with Crippen LogP contribution in [0, 0.1) is 5.92 Å². The van der Waals surface area contributed by atoms with Crippen LogP contribution in [0.1, 0.15) is 37.6 Å². The van der Waals surface area contributed by atoms with E-state index in [1.807, 2.05) is 12.1 Å². The molecule has 3 aromatic heterocycles. The van der Waals surface area contributed by atoms with Crippen LogP contribution in [-0.4, -0.2) is 49.0 Å². The number of rotatable bonds is 4. The molecule has 1 saturated heterocycles. The van der Waals surface area contributed by atoms with Crippen LogP contribution in [-0.2, 0) is 4.79 Å². The van der Waals surface area contributed by atoms with Gasteiger partial charge in [0.15, 0.2) is 5.65 Å². The summed E-state index contributed by atoms with van der Waals surface area (Å²) in [7, 11) is 0. The molecule has 1 amide bonds. The van der Waals surface area contributed by atoms with Crippen molar-refractivity contribution in [1.29, 1.82) is 0 Å². The second-order valence-electron chi connectivity index (χ2n) is 6.68. The maximum atomic E-state index is 12.5. The van der Waals surface area contributed by atoms with Gasteiger partial charge >= 0.3 is 0 Å². The Morgan fingerprint density at radius 2 is 2.04 bits per heavy atom. The van der Waals surface area contributed by atoms with Crippen molar-refractivity contribution in [2.75, 3.05) is 23.3 Å². The van der Waals surface area contributed by atoms with E-state index in [0.717, 1.165) is 42.4 Å². The molecule has 0 aromatic carbocycles. The number of carbonyl (C=O) groups excluding carboxylic acids is 1. The minimum atomic E-state index is -0.0173. The molecule has 9 nitrogen and oxygen atoms in total. The Morgan fingerprint density at radius 1 is 1.23 bits per heavy atom. The number of aromatic nitrogens is 6. The number of hydrogen-bond acceptors (Lipinski definition) is 8. The molecule has 0 atom stereocenters. The van der Waals surface area contributed by atoms with Crippen LogP contribution >= 0.6 is 11.3 Å². The summed E-state index contributed by atoms with van der Waals surface area (Å²) in [6, 6.07) is 3.84. The van der Waals surface area contributed by atoms with Gasteiger partial charge in [0, 0.05) is 24.9 Å². The molecule has 0 saturated carbocycles. The normalized spacial score (nSPS) is 15.7. The van der Waals surface area contributed by atoms with Crippen molar-refractivity contribution in [2.24, 2.45) is 5.92 Å². The van der Waals surface area contributed by atoms with Gasteiger partial charge in [0.25, 0.3) is 0 Å². The second-order valence-corrected chi connectivity index (χ2v) is 7.69. The zero-order valence-electron chi connectivity index (χ0n) is 14.7. The summed E-state index contributed by atoms with van der Waals surface area (Å²) in [4.78, 5) is 14.7. The zero-order chi connectivity index (χ0) is 18.1. The molecule has 0 unspecified atom stereocenters. The van der Waals surface area contributed by atoms with E-state index in [4.69, 9.17) is 0 Å². The van der Waals surface area contributed by atoms with Crippen molar-refractivity contribution in [2.45, 2.75) is 32.6 Å². The molecule has 0 radical (unpaired) electrons. The van der Waals surface area contributed by atoms with Crippen molar-refractivity contribution >= 4 is 33.8 Å². The Morgan fingerprint density at radius 3 is 2.77 bits per heavy atom. The van der Waals surface area contributed by atoms with E-state index < -0.39 is 0 Å². The van der Waals surface area contributed by atoms with Gasteiger partial charge in [-0.25, -0.2) is 0 Å². The summed E-state index contributed by atoms with van der Waals surface area (Å²) >= 11 is 1.44. The third-order valence-electron chi connectivity index (χ3n) is 4.50. The summed E-state index contributed by atoms with van der Waals surface area (Å²) in [6.45, 7) is 5.69. The SMILES string of the molecule is CC(C)c1nnc(NC(=O)C2CCN(c3ccc4nncn4n3)CC2)s1. The zero-order valence-corrected chi connectivity index (χ0v) is 15.5. The maximum absolute atomic E-state index is 12.5. The summed E-state index contributed by atoms with van der Waals surface area (Å²) in [5, 5.41) is 24.9. The molecule has 1 N–H and O–H groups in total. The lowest BCUT2D eigenvalue weighted by molar-refractivity contribution is -0.120. The predicted molar refractivity (Wildman–Crippen MR) is 98.3 cm³/mol. The quantitative estimate of drug-likeness (QED) is 0.747. The van der Waals surface area contributed by atoms with Crippen LogP contribution in [0.2, 0.25) is 0 Å². The van der Waals surface area contributed by atoms with Crippen LogP contribution in [0.4, 0.5) is 10.9 Å². The fourth-order valence-electron chi connectivity index (χ4n) is 2.98. The van der Waals surface area contributed by atoms with Gasteiger partial charge in [-0.05, 0) is 25.0 Å². The smallest absolute Gasteiger partial charge is 0.229 e. The maximum Gasteiger partial charge on any atom is 0.229 e. The van der Waals surface area contributed by atoms with E-state index >= 15 is 0 Å². The Bertz CT molecular complexity index is 912. The molecule has 0 spiro atoms. The van der Waals surface area contributed by atoms with Crippen molar-refractivity contribution in [3.05, 3.63) is 23.5 Å². The molecule has 1 aliphatic rings. The first-order valence-corrected chi connectivity index (χ1v) is 9.48. The van der Waals surface area contributed by atoms with Crippen LogP contribution in [0.3, 0.4) is 0 Å². The minimum Gasteiger partial charge on any atom is -0.355 e. The number of nitrogens with zero attached hydrogens (tertiary/aromatic N) is 7. The average Bonchev–Trinajstić information content (AvgIpc) is 3.30. The molecule has 136 valence electrons. The number of piperidine rings is 1. The largest absolute Gasteiger partial charge is 0.355 e. The fourth-order valence-corrected chi connectivity index (χ4v) is 3.73. The van der Waals surface area contributed by atoms with Crippen LogP contribution in [0.25, 0.3) is 5.65 Å². The molecule has 26 heavy (non-hydrogen) atoms. The molecule has 4 heterocycles. The van der Waals surface area contributed by atoms with Crippen LogP contribution < -0.4 is 10.2 Å². The highest BCUT2D eigenvalue weighted by molar-refractivity contribution is 7.15. The molecule has 3 aromatic rings. The van der Waals surface area contributed by atoms with Gasteiger partial charge < -0.3 is 10.2 Å². The summed E-state index contributed by atoms with van der Waals surface area (Å²) in [5.41, 5.74) is 0.723. The molecular weight excluding hydrogens is 352 g/mol. The first kappa shape index (κ1) is 16.8. The minimum absolute atomic E-state index is 0.0173. The van der Waals surface area contributed by atoms with E-state index in [-0.39, 0.29) is 11.8 Å². The van der Waals surface area contributed by atoms with Gasteiger partial charge in [-0.1, -0.05) is 25.2 Å². The molecule has 1 fully saturated rings. The second kappa shape index (κ2) is 6.94.